The van der Waals surface area contributed by atoms with Crippen LogP contribution in [-0.4, -0.2) is 77.3 Å². The number of aromatic nitrogens is 2. The summed E-state index contributed by atoms with van der Waals surface area (Å²) in [6.45, 7) is 7.90. The zero-order valence-corrected chi connectivity index (χ0v) is 19.6. The average Bonchev–Trinajstić information content (AvgIpc) is 3.59. The Morgan fingerprint density at radius 3 is 2.88 bits per heavy atom. The molecule has 176 valence electrons. The molecule has 0 spiro atoms. The van der Waals surface area contributed by atoms with Crippen LogP contribution < -0.4 is 5.32 Å². The first kappa shape index (κ1) is 22.1. The van der Waals surface area contributed by atoms with E-state index < -0.39 is 0 Å². The van der Waals surface area contributed by atoms with Crippen molar-refractivity contribution in [2.24, 2.45) is 13.0 Å². The second kappa shape index (κ2) is 9.27. The molecule has 33 heavy (non-hydrogen) atoms. The minimum Gasteiger partial charge on any atom is -0.380 e. The van der Waals surface area contributed by atoms with Crippen molar-refractivity contribution in [3.8, 4) is 0 Å². The minimum atomic E-state index is -0.149. The van der Waals surface area contributed by atoms with Crippen LogP contribution in [0.15, 0.2) is 18.3 Å². The number of rotatable bonds is 6. The molecule has 1 aromatic carbocycles. The molecule has 1 aromatic heterocycles. The summed E-state index contributed by atoms with van der Waals surface area (Å²) in [5.41, 5.74) is 4.78. The highest BCUT2D eigenvalue weighted by molar-refractivity contribution is 6.07. The highest BCUT2D eigenvalue weighted by Gasteiger charge is 2.27. The summed E-state index contributed by atoms with van der Waals surface area (Å²) in [4.78, 5) is 30.5. The molecule has 5 rings (SSSR count). The van der Waals surface area contributed by atoms with E-state index in [9.17, 15) is 9.59 Å². The predicted octanol–water partition coefficient (Wildman–Crippen LogP) is 2.46. The molecule has 3 heterocycles. The van der Waals surface area contributed by atoms with E-state index in [2.05, 4.69) is 15.3 Å². The van der Waals surface area contributed by atoms with E-state index in [1.807, 2.05) is 31.0 Å². The molecule has 3 aliphatic rings. The van der Waals surface area contributed by atoms with Crippen LogP contribution in [0.25, 0.3) is 0 Å². The summed E-state index contributed by atoms with van der Waals surface area (Å²) in [6.07, 6.45) is 5.77. The van der Waals surface area contributed by atoms with Crippen LogP contribution in [-0.2, 0) is 18.2 Å². The van der Waals surface area contributed by atoms with Crippen LogP contribution in [0, 0.1) is 12.8 Å². The molecular formula is C25H33N5O3. The molecule has 2 aliphatic heterocycles. The molecule has 8 heteroatoms. The van der Waals surface area contributed by atoms with Gasteiger partial charge in [0, 0.05) is 57.5 Å². The summed E-state index contributed by atoms with van der Waals surface area (Å²) in [6, 6.07) is 3.89. The number of hydrogen-bond donors (Lipinski definition) is 1. The van der Waals surface area contributed by atoms with Crippen LogP contribution in [0.1, 0.15) is 56.8 Å². The molecule has 1 saturated carbocycles. The lowest BCUT2D eigenvalue weighted by Gasteiger charge is -2.23. The van der Waals surface area contributed by atoms with Crippen LogP contribution in [0.5, 0.6) is 0 Å². The molecule has 2 amide bonds. The van der Waals surface area contributed by atoms with Crippen LogP contribution in [0.2, 0.25) is 0 Å². The number of nitrogens with one attached hydrogen (secondary N) is 1. The maximum absolute atomic E-state index is 13.5. The number of anilines is 1. The minimum absolute atomic E-state index is 0.0722. The number of aryl methyl sites for hydroxylation is 2. The summed E-state index contributed by atoms with van der Waals surface area (Å²) in [7, 11) is 1.84. The molecule has 1 saturated heterocycles. The van der Waals surface area contributed by atoms with Gasteiger partial charge in [-0.2, -0.15) is 5.10 Å². The third-order valence-corrected chi connectivity index (χ3v) is 7.07. The predicted molar refractivity (Wildman–Crippen MR) is 126 cm³/mol. The fourth-order valence-corrected chi connectivity index (χ4v) is 4.77. The van der Waals surface area contributed by atoms with Gasteiger partial charge in [-0.15, -0.1) is 0 Å². The van der Waals surface area contributed by atoms with Crippen molar-refractivity contribution in [2.45, 2.75) is 32.6 Å². The Morgan fingerprint density at radius 2 is 2.06 bits per heavy atom. The molecule has 2 aromatic rings. The molecule has 8 nitrogen and oxygen atoms in total. The van der Waals surface area contributed by atoms with Crippen molar-refractivity contribution in [3.05, 3.63) is 46.3 Å². The summed E-state index contributed by atoms with van der Waals surface area (Å²) in [5, 5.41) is 7.23. The maximum atomic E-state index is 13.5. The third kappa shape index (κ3) is 4.82. The van der Waals surface area contributed by atoms with Crippen molar-refractivity contribution in [1.82, 2.24) is 19.6 Å². The van der Waals surface area contributed by atoms with Gasteiger partial charge in [0.2, 0.25) is 0 Å². The lowest BCUT2D eigenvalue weighted by Crippen LogP contribution is -2.36. The van der Waals surface area contributed by atoms with Gasteiger partial charge in [0.1, 0.15) is 0 Å². The lowest BCUT2D eigenvalue weighted by molar-refractivity contribution is 0.0752. The Kier molecular flexibility index (Phi) is 6.21. The van der Waals surface area contributed by atoms with Crippen LogP contribution in [0.3, 0.4) is 0 Å². The van der Waals surface area contributed by atoms with E-state index in [4.69, 9.17) is 4.74 Å². The number of hydrogen-bond acceptors (Lipinski definition) is 5. The second-order valence-corrected chi connectivity index (χ2v) is 9.59. The third-order valence-electron chi connectivity index (χ3n) is 7.07. The summed E-state index contributed by atoms with van der Waals surface area (Å²) < 4.78 is 7.54. The smallest absolute Gasteiger partial charge is 0.259 e. The van der Waals surface area contributed by atoms with Crippen molar-refractivity contribution in [3.63, 3.8) is 0 Å². The number of amides is 2. The fraction of sp³-hybridized carbons (Fsp3) is 0.560. The molecule has 1 N–H and O–H groups in total. The van der Waals surface area contributed by atoms with E-state index in [0.717, 1.165) is 86.3 Å². The van der Waals surface area contributed by atoms with E-state index in [1.165, 1.54) is 12.8 Å². The van der Waals surface area contributed by atoms with Crippen molar-refractivity contribution >= 4 is 17.5 Å². The van der Waals surface area contributed by atoms with Gasteiger partial charge in [-0.25, -0.2) is 0 Å². The lowest BCUT2D eigenvalue weighted by atomic mass is 9.99. The van der Waals surface area contributed by atoms with E-state index in [-0.39, 0.29) is 11.8 Å². The standard InChI is InChI=1S/C25H33N5O3/c1-17-12-22-19(14-23-21(24(31)27-22)15-26-28(23)2)13-20(17)25(32)30-7-3-6-29(8-9-30)10-11-33-16-18-4-5-18/h12-13,15,18H,3-11,14,16H2,1-2H3,(H,27,31). The molecule has 0 radical (unpaired) electrons. The molecular weight excluding hydrogens is 418 g/mol. The van der Waals surface area contributed by atoms with Crippen LogP contribution >= 0.6 is 0 Å². The molecule has 1 aliphatic carbocycles. The first-order valence-corrected chi connectivity index (χ1v) is 12.0. The number of carbonyl (C=O) groups is 2. The maximum Gasteiger partial charge on any atom is 0.259 e. The van der Waals surface area contributed by atoms with E-state index in [0.29, 0.717) is 12.0 Å². The monoisotopic (exact) mass is 451 g/mol. The summed E-state index contributed by atoms with van der Waals surface area (Å²) >= 11 is 0. The molecule has 0 unspecified atom stereocenters. The topological polar surface area (TPSA) is 79.7 Å². The van der Waals surface area contributed by atoms with Gasteiger partial charge < -0.3 is 15.0 Å². The van der Waals surface area contributed by atoms with E-state index >= 15 is 0 Å². The van der Waals surface area contributed by atoms with Gasteiger partial charge in [-0.3, -0.25) is 19.2 Å². The number of ether oxygens (including phenoxy) is 1. The van der Waals surface area contributed by atoms with Gasteiger partial charge >= 0.3 is 0 Å². The van der Waals surface area contributed by atoms with Crippen LogP contribution in [0.4, 0.5) is 5.69 Å². The van der Waals surface area contributed by atoms with Gasteiger partial charge in [-0.1, -0.05) is 0 Å². The number of carbonyl (C=O) groups excluding carboxylic acids is 2. The largest absolute Gasteiger partial charge is 0.380 e. The zero-order valence-electron chi connectivity index (χ0n) is 19.6. The van der Waals surface area contributed by atoms with Gasteiger partial charge in [-0.05, 0) is 61.9 Å². The Morgan fingerprint density at radius 1 is 1.21 bits per heavy atom. The number of fused-ring (bicyclic) bond motifs is 2. The Bertz CT molecular complexity index is 1060. The second-order valence-electron chi connectivity index (χ2n) is 9.59. The fourth-order valence-electron chi connectivity index (χ4n) is 4.77. The number of nitrogens with zero attached hydrogens (tertiary/aromatic N) is 4. The molecule has 0 atom stereocenters. The first-order chi connectivity index (χ1) is 16.0. The van der Waals surface area contributed by atoms with Gasteiger partial charge in [0.05, 0.1) is 24.1 Å². The average molecular weight is 452 g/mol. The Hall–Kier alpha value is -2.71. The van der Waals surface area contributed by atoms with Crippen molar-refractivity contribution in [1.29, 1.82) is 0 Å². The zero-order chi connectivity index (χ0) is 22.9. The first-order valence-electron chi connectivity index (χ1n) is 12.0. The Balaban J connectivity index is 1.26. The van der Waals surface area contributed by atoms with Gasteiger partial charge in [0.15, 0.2) is 0 Å². The van der Waals surface area contributed by atoms with Crippen molar-refractivity contribution in [2.75, 3.05) is 51.3 Å². The molecule has 0 bridgehead atoms. The quantitative estimate of drug-likeness (QED) is 0.683. The number of benzene rings is 1. The van der Waals surface area contributed by atoms with Gasteiger partial charge in [0.25, 0.3) is 11.8 Å². The highest BCUT2D eigenvalue weighted by Crippen LogP contribution is 2.30. The summed E-state index contributed by atoms with van der Waals surface area (Å²) in [5.74, 6) is 0.719. The normalized spacial score (nSPS) is 18.8. The molecule has 2 fully saturated rings. The SMILES string of the molecule is Cc1cc2c(cc1C(=O)N1CCCN(CCOCC3CC3)CC1)Cc1c(cnn1C)C(=O)N2. The Labute approximate surface area is 194 Å². The van der Waals surface area contributed by atoms with Crippen molar-refractivity contribution < 1.29 is 14.3 Å². The van der Waals surface area contributed by atoms with E-state index in [1.54, 1.807) is 10.9 Å². The highest BCUT2D eigenvalue weighted by atomic mass is 16.5.